The number of amides is 2. The SMILES string of the molecule is COC(=O)C1=CCC=C(N(C=O)C2(C(=O)N(C)C)CCNCC2)C=C1. The van der Waals surface area contributed by atoms with Crippen LogP contribution in [0.25, 0.3) is 0 Å². The number of piperidine rings is 1. The molecule has 1 heterocycles. The van der Waals surface area contributed by atoms with Gasteiger partial charge in [-0.1, -0.05) is 12.2 Å². The number of nitrogens with zero attached hydrogens (tertiary/aromatic N) is 2. The lowest BCUT2D eigenvalue weighted by Crippen LogP contribution is -2.61. The lowest BCUT2D eigenvalue weighted by molar-refractivity contribution is -0.146. The first-order chi connectivity index (χ1) is 12.0. The van der Waals surface area contributed by atoms with Gasteiger partial charge in [0.1, 0.15) is 5.54 Å². The molecule has 2 aliphatic rings. The van der Waals surface area contributed by atoms with E-state index in [4.69, 9.17) is 4.74 Å². The van der Waals surface area contributed by atoms with Crippen LogP contribution in [-0.2, 0) is 19.1 Å². The molecule has 136 valence electrons. The van der Waals surface area contributed by atoms with Gasteiger partial charge in [-0.3, -0.25) is 14.5 Å². The van der Waals surface area contributed by atoms with Gasteiger partial charge in [-0.2, -0.15) is 0 Å². The molecule has 2 amide bonds. The van der Waals surface area contributed by atoms with Gasteiger partial charge >= 0.3 is 5.97 Å². The maximum atomic E-state index is 12.9. The average molecular weight is 347 g/mol. The van der Waals surface area contributed by atoms with Gasteiger partial charge in [0.05, 0.1) is 12.7 Å². The van der Waals surface area contributed by atoms with E-state index in [-0.39, 0.29) is 5.91 Å². The second-order valence-electron chi connectivity index (χ2n) is 6.31. The number of nitrogens with one attached hydrogen (secondary N) is 1. The number of carbonyl (C=O) groups excluding carboxylic acids is 3. The number of ether oxygens (including phenoxy) is 1. The molecule has 0 saturated carbocycles. The summed E-state index contributed by atoms with van der Waals surface area (Å²) in [6.45, 7) is 1.32. The highest BCUT2D eigenvalue weighted by Gasteiger charge is 2.46. The maximum absolute atomic E-state index is 12.9. The van der Waals surface area contributed by atoms with Crippen LogP contribution in [-0.4, -0.2) is 67.9 Å². The van der Waals surface area contributed by atoms with Crippen molar-refractivity contribution >= 4 is 18.3 Å². The van der Waals surface area contributed by atoms with Gasteiger partial charge < -0.3 is 15.0 Å². The van der Waals surface area contributed by atoms with E-state index in [2.05, 4.69) is 5.32 Å². The van der Waals surface area contributed by atoms with Crippen LogP contribution in [0.4, 0.5) is 0 Å². The summed E-state index contributed by atoms with van der Waals surface area (Å²) >= 11 is 0. The molecule has 0 unspecified atom stereocenters. The molecular weight excluding hydrogens is 322 g/mol. The van der Waals surface area contributed by atoms with Gasteiger partial charge in [-0.15, -0.1) is 0 Å². The summed E-state index contributed by atoms with van der Waals surface area (Å²) in [5, 5.41) is 3.23. The fourth-order valence-corrected chi connectivity index (χ4v) is 3.29. The lowest BCUT2D eigenvalue weighted by Gasteiger charge is -2.45. The molecule has 7 nitrogen and oxygen atoms in total. The van der Waals surface area contributed by atoms with E-state index in [1.54, 1.807) is 32.3 Å². The van der Waals surface area contributed by atoms with Crippen LogP contribution < -0.4 is 5.32 Å². The first-order valence-electron chi connectivity index (χ1n) is 8.30. The van der Waals surface area contributed by atoms with E-state index in [1.165, 1.54) is 16.9 Å². The number of hydrogen-bond donors (Lipinski definition) is 1. The van der Waals surface area contributed by atoms with E-state index in [0.29, 0.717) is 50.0 Å². The van der Waals surface area contributed by atoms with Crippen LogP contribution >= 0.6 is 0 Å². The number of rotatable bonds is 5. The van der Waals surface area contributed by atoms with Crippen molar-refractivity contribution in [2.75, 3.05) is 34.3 Å². The highest BCUT2D eigenvalue weighted by Crippen LogP contribution is 2.32. The van der Waals surface area contributed by atoms with Gasteiger partial charge in [0, 0.05) is 19.8 Å². The van der Waals surface area contributed by atoms with Crippen molar-refractivity contribution in [2.45, 2.75) is 24.8 Å². The maximum Gasteiger partial charge on any atom is 0.337 e. The number of hydrogen-bond acceptors (Lipinski definition) is 5. The molecule has 0 atom stereocenters. The topological polar surface area (TPSA) is 79.0 Å². The molecule has 1 aliphatic heterocycles. The monoisotopic (exact) mass is 347 g/mol. The minimum Gasteiger partial charge on any atom is -0.465 e. The highest BCUT2D eigenvalue weighted by molar-refractivity contribution is 5.92. The lowest BCUT2D eigenvalue weighted by atomic mass is 9.84. The molecule has 0 bridgehead atoms. The van der Waals surface area contributed by atoms with Crippen LogP contribution in [0.3, 0.4) is 0 Å². The number of carbonyl (C=O) groups is 3. The van der Waals surface area contributed by atoms with Crippen molar-refractivity contribution in [3.05, 3.63) is 35.6 Å². The summed E-state index contributed by atoms with van der Waals surface area (Å²) in [5.74, 6) is -0.523. The zero-order chi connectivity index (χ0) is 18.4. The summed E-state index contributed by atoms with van der Waals surface area (Å²) < 4.78 is 4.74. The molecule has 0 aromatic heterocycles. The van der Waals surface area contributed by atoms with Crippen LogP contribution in [0, 0.1) is 0 Å². The Kier molecular flexibility index (Phi) is 6.14. The molecule has 0 radical (unpaired) electrons. The van der Waals surface area contributed by atoms with Crippen LogP contribution in [0.5, 0.6) is 0 Å². The third-order valence-corrected chi connectivity index (χ3v) is 4.60. The number of methoxy groups -OCH3 is 1. The minimum absolute atomic E-state index is 0.0965. The summed E-state index contributed by atoms with van der Waals surface area (Å²) in [6.07, 6.45) is 9.14. The molecule has 2 rings (SSSR count). The Labute approximate surface area is 148 Å². The Morgan fingerprint density at radius 2 is 1.88 bits per heavy atom. The fourth-order valence-electron chi connectivity index (χ4n) is 3.29. The third kappa shape index (κ3) is 3.82. The predicted octanol–water partition coefficient (Wildman–Crippen LogP) is 0.598. The standard InChI is InChI=1S/C18H25N3O4/c1-20(2)17(24)18(9-11-19-12-10-18)21(13-22)15-6-4-5-14(7-8-15)16(23)25-3/h5-8,13,19H,4,9-12H2,1-3H3. The van der Waals surface area contributed by atoms with Crippen molar-refractivity contribution in [1.82, 2.24) is 15.1 Å². The predicted molar refractivity (Wildman–Crippen MR) is 93.4 cm³/mol. The summed E-state index contributed by atoms with van der Waals surface area (Å²) in [4.78, 5) is 39.7. The van der Waals surface area contributed by atoms with Gasteiger partial charge in [-0.25, -0.2) is 4.79 Å². The van der Waals surface area contributed by atoms with Crippen LogP contribution in [0.2, 0.25) is 0 Å². The second-order valence-corrected chi connectivity index (χ2v) is 6.31. The molecule has 1 aliphatic carbocycles. The molecule has 0 aromatic carbocycles. The molecule has 7 heteroatoms. The van der Waals surface area contributed by atoms with E-state index >= 15 is 0 Å². The number of allylic oxidation sites excluding steroid dienone is 3. The van der Waals surface area contributed by atoms with Crippen molar-refractivity contribution in [2.24, 2.45) is 0 Å². The first-order valence-corrected chi connectivity index (χ1v) is 8.30. The van der Waals surface area contributed by atoms with Gasteiger partial charge in [0.15, 0.2) is 0 Å². The molecule has 1 N–H and O–H groups in total. The van der Waals surface area contributed by atoms with Crippen LogP contribution in [0.15, 0.2) is 35.6 Å². The van der Waals surface area contributed by atoms with Crippen molar-refractivity contribution in [3.63, 3.8) is 0 Å². The Hall–Kier alpha value is -2.41. The van der Waals surface area contributed by atoms with Crippen molar-refractivity contribution in [1.29, 1.82) is 0 Å². The smallest absolute Gasteiger partial charge is 0.337 e. The van der Waals surface area contributed by atoms with Gasteiger partial charge in [0.25, 0.3) is 0 Å². The molecule has 0 spiro atoms. The fraction of sp³-hybridized carbons (Fsp3) is 0.500. The summed E-state index contributed by atoms with van der Waals surface area (Å²) in [5.41, 5.74) is 0.128. The molecule has 1 saturated heterocycles. The average Bonchev–Trinajstić information content (AvgIpc) is 2.88. The van der Waals surface area contributed by atoms with E-state index in [1.807, 2.05) is 6.08 Å². The highest BCUT2D eigenvalue weighted by atomic mass is 16.5. The van der Waals surface area contributed by atoms with E-state index < -0.39 is 11.5 Å². The molecular formula is C18H25N3O4. The molecule has 1 fully saturated rings. The van der Waals surface area contributed by atoms with Crippen molar-refractivity contribution < 1.29 is 19.1 Å². The zero-order valence-electron chi connectivity index (χ0n) is 14.9. The summed E-state index contributed by atoms with van der Waals surface area (Å²) in [6, 6.07) is 0. The number of likely N-dealkylation sites (N-methyl/N-ethyl adjacent to an activating group) is 1. The normalized spacial score (nSPS) is 19.2. The quantitative estimate of drug-likeness (QED) is 0.582. The second kappa shape index (κ2) is 8.11. The Balaban J connectivity index is 2.36. The Bertz CT molecular complexity index is 628. The van der Waals surface area contributed by atoms with E-state index in [9.17, 15) is 14.4 Å². The van der Waals surface area contributed by atoms with Crippen LogP contribution in [0.1, 0.15) is 19.3 Å². The number of esters is 1. The zero-order valence-corrected chi connectivity index (χ0v) is 14.9. The largest absolute Gasteiger partial charge is 0.465 e. The first kappa shape index (κ1) is 18.9. The van der Waals surface area contributed by atoms with E-state index in [0.717, 1.165) is 0 Å². The van der Waals surface area contributed by atoms with Gasteiger partial charge in [0.2, 0.25) is 12.3 Å². The third-order valence-electron chi connectivity index (χ3n) is 4.60. The minimum atomic E-state index is -0.914. The molecule has 0 aromatic rings. The molecule has 25 heavy (non-hydrogen) atoms. The Morgan fingerprint density at radius 3 is 2.44 bits per heavy atom. The van der Waals surface area contributed by atoms with Crippen molar-refractivity contribution in [3.8, 4) is 0 Å². The van der Waals surface area contributed by atoms with Gasteiger partial charge in [-0.05, 0) is 44.5 Å². The summed E-state index contributed by atoms with van der Waals surface area (Å²) in [7, 11) is 4.72. The Morgan fingerprint density at radius 1 is 1.20 bits per heavy atom.